The van der Waals surface area contributed by atoms with Crippen molar-refractivity contribution in [1.82, 2.24) is 14.8 Å². The standard InChI is InChI=1S/C23H22N4O3/c1-29-18-8-6-17(7-9-18)20(16-24)26-12-14-27(15-13-26)23(28)11-10-22-25-19-4-2-3-5-21(19)30-22/h2-11,20H,12-15H2,1H3. The lowest BCUT2D eigenvalue weighted by Gasteiger charge is -2.36. The maximum atomic E-state index is 12.5. The molecule has 3 aromatic rings. The van der Waals surface area contributed by atoms with Crippen LogP contribution in [0.5, 0.6) is 5.75 Å². The van der Waals surface area contributed by atoms with Gasteiger partial charge in [-0.2, -0.15) is 5.26 Å². The number of ether oxygens (including phenoxy) is 1. The van der Waals surface area contributed by atoms with Crippen molar-refractivity contribution in [2.24, 2.45) is 0 Å². The molecule has 0 N–H and O–H groups in total. The van der Waals surface area contributed by atoms with E-state index in [4.69, 9.17) is 9.15 Å². The van der Waals surface area contributed by atoms with Gasteiger partial charge in [-0.3, -0.25) is 9.69 Å². The van der Waals surface area contributed by atoms with E-state index in [1.165, 1.54) is 6.08 Å². The summed E-state index contributed by atoms with van der Waals surface area (Å²) >= 11 is 0. The molecule has 1 unspecified atom stereocenters. The minimum atomic E-state index is -0.344. The smallest absolute Gasteiger partial charge is 0.246 e. The summed E-state index contributed by atoms with van der Waals surface area (Å²) in [4.78, 5) is 20.8. The number of hydrogen-bond donors (Lipinski definition) is 0. The summed E-state index contributed by atoms with van der Waals surface area (Å²) in [5.74, 6) is 1.08. The van der Waals surface area contributed by atoms with Crippen molar-refractivity contribution in [3.05, 3.63) is 66.1 Å². The molecule has 1 saturated heterocycles. The number of nitrogens with zero attached hydrogens (tertiary/aromatic N) is 4. The minimum Gasteiger partial charge on any atom is -0.497 e. The van der Waals surface area contributed by atoms with Gasteiger partial charge in [-0.25, -0.2) is 4.98 Å². The summed E-state index contributed by atoms with van der Waals surface area (Å²) in [6.45, 7) is 2.38. The van der Waals surface area contributed by atoms with Crippen molar-refractivity contribution in [2.45, 2.75) is 6.04 Å². The summed E-state index contributed by atoms with van der Waals surface area (Å²) in [5.41, 5.74) is 2.38. The fourth-order valence-corrected chi connectivity index (χ4v) is 3.56. The molecule has 0 saturated carbocycles. The van der Waals surface area contributed by atoms with Crippen LogP contribution in [0.15, 0.2) is 59.0 Å². The molecule has 2 heterocycles. The number of aromatic nitrogens is 1. The first kappa shape index (κ1) is 19.7. The van der Waals surface area contributed by atoms with Gasteiger partial charge in [0.15, 0.2) is 5.58 Å². The summed E-state index contributed by atoms with van der Waals surface area (Å²) in [7, 11) is 1.62. The Kier molecular flexibility index (Phi) is 5.77. The van der Waals surface area contributed by atoms with Gasteiger partial charge in [0.05, 0.1) is 13.2 Å². The Hall–Kier alpha value is -3.63. The van der Waals surface area contributed by atoms with Crippen LogP contribution in [0.1, 0.15) is 17.5 Å². The molecule has 7 heteroatoms. The van der Waals surface area contributed by atoms with Crippen LogP contribution in [0.3, 0.4) is 0 Å². The number of rotatable bonds is 5. The number of methoxy groups -OCH3 is 1. The molecule has 7 nitrogen and oxygen atoms in total. The quantitative estimate of drug-likeness (QED) is 0.609. The van der Waals surface area contributed by atoms with Crippen LogP contribution in [-0.2, 0) is 4.79 Å². The molecule has 2 aromatic carbocycles. The Morgan fingerprint density at radius 1 is 1.17 bits per heavy atom. The lowest BCUT2D eigenvalue weighted by Crippen LogP contribution is -2.49. The van der Waals surface area contributed by atoms with Crippen LogP contribution in [0.25, 0.3) is 17.2 Å². The zero-order chi connectivity index (χ0) is 20.9. The summed E-state index contributed by atoms with van der Waals surface area (Å²) in [6.07, 6.45) is 3.09. The minimum absolute atomic E-state index is 0.0881. The number of benzene rings is 2. The number of amides is 1. The monoisotopic (exact) mass is 402 g/mol. The van der Waals surface area contributed by atoms with E-state index >= 15 is 0 Å². The van der Waals surface area contributed by atoms with Crippen LogP contribution in [-0.4, -0.2) is 54.0 Å². The molecule has 152 valence electrons. The van der Waals surface area contributed by atoms with Crippen molar-refractivity contribution in [2.75, 3.05) is 33.3 Å². The topological polar surface area (TPSA) is 82.6 Å². The van der Waals surface area contributed by atoms with Crippen molar-refractivity contribution >= 4 is 23.1 Å². The first-order chi connectivity index (χ1) is 14.7. The molecule has 1 aliphatic heterocycles. The third kappa shape index (κ3) is 4.19. The van der Waals surface area contributed by atoms with Crippen LogP contribution in [0, 0.1) is 11.3 Å². The second-order valence-corrected chi connectivity index (χ2v) is 7.02. The van der Waals surface area contributed by atoms with Gasteiger partial charge < -0.3 is 14.1 Å². The number of nitriles is 1. The molecule has 1 fully saturated rings. The van der Waals surface area contributed by atoms with E-state index in [0.717, 1.165) is 16.8 Å². The molecule has 0 aliphatic carbocycles. The Morgan fingerprint density at radius 2 is 1.90 bits per heavy atom. The van der Waals surface area contributed by atoms with E-state index in [1.54, 1.807) is 18.1 Å². The number of carbonyl (C=O) groups excluding carboxylic acids is 1. The van der Waals surface area contributed by atoms with E-state index in [0.29, 0.717) is 37.7 Å². The highest BCUT2D eigenvalue weighted by Crippen LogP contribution is 2.24. The molecule has 1 aliphatic rings. The van der Waals surface area contributed by atoms with Crippen molar-refractivity contribution < 1.29 is 13.9 Å². The Morgan fingerprint density at radius 3 is 2.57 bits per heavy atom. The predicted octanol–water partition coefficient (Wildman–Crippen LogP) is 3.26. The highest BCUT2D eigenvalue weighted by atomic mass is 16.5. The average molecular weight is 402 g/mol. The fraction of sp³-hybridized carbons (Fsp3) is 0.261. The normalized spacial score (nSPS) is 15.9. The number of oxazole rings is 1. The molecule has 0 spiro atoms. The van der Waals surface area contributed by atoms with Crippen LogP contribution in [0.4, 0.5) is 0 Å². The van der Waals surface area contributed by atoms with Gasteiger partial charge >= 0.3 is 0 Å². The van der Waals surface area contributed by atoms with E-state index in [9.17, 15) is 10.1 Å². The van der Waals surface area contributed by atoms with Gasteiger partial charge in [0.1, 0.15) is 17.3 Å². The number of piperazine rings is 1. The van der Waals surface area contributed by atoms with Crippen LogP contribution < -0.4 is 4.74 Å². The number of carbonyl (C=O) groups is 1. The van der Waals surface area contributed by atoms with Crippen LogP contribution >= 0.6 is 0 Å². The first-order valence-electron chi connectivity index (χ1n) is 9.78. The Balaban J connectivity index is 1.35. The molecule has 1 aromatic heterocycles. The molecular formula is C23H22N4O3. The summed E-state index contributed by atoms with van der Waals surface area (Å²) in [5, 5.41) is 9.67. The van der Waals surface area contributed by atoms with Crippen molar-refractivity contribution in [1.29, 1.82) is 5.26 Å². The average Bonchev–Trinajstić information content (AvgIpc) is 3.22. The number of para-hydroxylation sites is 2. The fourth-order valence-electron chi connectivity index (χ4n) is 3.56. The largest absolute Gasteiger partial charge is 0.497 e. The Labute approximate surface area is 174 Å². The molecule has 1 amide bonds. The second kappa shape index (κ2) is 8.80. The third-order valence-electron chi connectivity index (χ3n) is 5.22. The van der Waals surface area contributed by atoms with Gasteiger partial charge in [0.25, 0.3) is 0 Å². The zero-order valence-corrected chi connectivity index (χ0v) is 16.7. The molecule has 1 atom stereocenters. The first-order valence-corrected chi connectivity index (χ1v) is 9.78. The maximum absolute atomic E-state index is 12.5. The summed E-state index contributed by atoms with van der Waals surface area (Å²) < 4.78 is 10.8. The van der Waals surface area contributed by atoms with E-state index in [-0.39, 0.29) is 11.9 Å². The summed E-state index contributed by atoms with van der Waals surface area (Å²) in [6, 6.07) is 17.0. The number of hydrogen-bond acceptors (Lipinski definition) is 6. The predicted molar refractivity (Wildman–Crippen MR) is 113 cm³/mol. The molecule has 30 heavy (non-hydrogen) atoms. The number of fused-ring (bicyclic) bond motifs is 1. The van der Waals surface area contributed by atoms with Crippen molar-refractivity contribution in [3.8, 4) is 11.8 Å². The molecular weight excluding hydrogens is 380 g/mol. The van der Waals surface area contributed by atoms with Crippen LogP contribution in [0.2, 0.25) is 0 Å². The van der Waals surface area contributed by atoms with E-state index < -0.39 is 0 Å². The van der Waals surface area contributed by atoms with Gasteiger partial charge in [0, 0.05) is 38.3 Å². The lowest BCUT2D eigenvalue weighted by molar-refractivity contribution is -0.127. The zero-order valence-electron chi connectivity index (χ0n) is 16.7. The van der Waals surface area contributed by atoms with E-state index in [2.05, 4.69) is 16.0 Å². The van der Waals surface area contributed by atoms with Gasteiger partial charge in [-0.05, 0) is 29.8 Å². The van der Waals surface area contributed by atoms with E-state index in [1.807, 2.05) is 48.5 Å². The second-order valence-electron chi connectivity index (χ2n) is 7.02. The highest BCUT2D eigenvalue weighted by Gasteiger charge is 2.26. The molecule has 0 radical (unpaired) electrons. The Bertz CT molecular complexity index is 1060. The van der Waals surface area contributed by atoms with Crippen molar-refractivity contribution in [3.63, 3.8) is 0 Å². The molecule has 4 rings (SSSR count). The third-order valence-corrected chi connectivity index (χ3v) is 5.22. The van der Waals surface area contributed by atoms with Gasteiger partial charge in [0.2, 0.25) is 11.8 Å². The lowest BCUT2D eigenvalue weighted by atomic mass is 10.1. The highest BCUT2D eigenvalue weighted by molar-refractivity contribution is 5.91. The molecule has 0 bridgehead atoms. The maximum Gasteiger partial charge on any atom is 0.246 e. The van der Waals surface area contributed by atoms with Gasteiger partial charge in [-0.15, -0.1) is 0 Å². The SMILES string of the molecule is COc1ccc(C(C#N)N2CCN(C(=O)C=Cc3nc4ccccc4o3)CC2)cc1. The van der Waals surface area contributed by atoms with Gasteiger partial charge in [-0.1, -0.05) is 24.3 Å².